The maximum absolute atomic E-state index is 14.0. The van der Waals surface area contributed by atoms with E-state index in [1.807, 2.05) is 31.2 Å². The molecule has 4 nitrogen and oxygen atoms in total. The number of nitrogens with zero attached hydrogens (tertiary/aromatic N) is 2. The zero-order chi connectivity index (χ0) is 26.4. The summed E-state index contributed by atoms with van der Waals surface area (Å²) in [5.41, 5.74) is 9.02. The molecule has 0 saturated heterocycles. The summed E-state index contributed by atoms with van der Waals surface area (Å²) in [4.78, 5) is 34.3. The highest BCUT2D eigenvalue weighted by atomic mass is 79.9. The van der Waals surface area contributed by atoms with Crippen molar-refractivity contribution < 1.29 is 9.59 Å². The van der Waals surface area contributed by atoms with Gasteiger partial charge in [0, 0.05) is 4.88 Å². The quantitative estimate of drug-likeness (QED) is 0.294. The fourth-order valence-electron chi connectivity index (χ4n) is 3.98. The average Bonchev–Trinajstić information content (AvgIpc) is 3.49. The third-order valence-electron chi connectivity index (χ3n) is 5.36. The van der Waals surface area contributed by atoms with Gasteiger partial charge in [-0.15, -0.1) is 33.8 Å². The molecule has 4 rings (SSSR count). The van der Waals surface area contributed by atoms with Gasteiger partial charge >= 0.3 is 0 Å². The van der Waals surface area contributed by atoms with Crippen LogP contribution < -0.4 is 0 Å². The van der Waals surface area contributed by atoms with Gasteiger partial charge in [0.1, 0.15) is 16.1 Å². The van der Waals surface area contributed by atoms with Crippen LogP contribution in [-0.2, 0) is 9.59 Å². The van der Waals surface area contributed by atoms with E-state index in [0.717, 1.165) is 18.4 Å². The molecule has 2 amide bonds. The van der Waals surface area contributed by atoms with Crippen molar-refractivity contribution in [1.29, 1.82) is 0 Å². The van der Waals surface area contributed by atoms with Gasteiger partial charge in [0.15, 0.2) is 0 Å². The highest BCUT2D eigenvalue weighted by molar-refractivity contribution is 9.11. The Morgan fingerprint density at radius 3 is 1.56 bits per heavy atom. The summed E-state index contributed by atoms with van der Waals surface area (Å²) in [6.07, 6.45) is 0. The Balaban J connectivity index is 1.91. The van der Waals surface area contributed by atoms with Gasteiger partial charge < -0.3 is 0 Å². The molecule has 2 aromatic heterocycles. The number of carbonyl (C=O) groups excluding carboxylic acids is 2. The number of carbonyl (C=O) groups is 2. The van der Waals surface area contributed by atoms with Gasteiger partial charge in [-0.3, -0.25) is 19.4 Å². The van der Waals surface area contributed by atoms with E-state index in [9.17, 15) is 9.59 Å². The van der Waals surface area contributed by atoms with E-state index in [4.69, 9.17) is 0 Å². The van der Waals surface area contributed by atoms with Crippen molar-refractivity contribution in [3.63, 3.8) is 0 Å². The summed E-state index contributed by atoms with van der Waals surface area (Å²) in [7, 11) is -3.22. The third kappa shape index (κ3) is 5.56. The van der Waals surface area contributed by atoms with Crippen molar-refractivity contribution in [3.05, 3.63) is 53.8 Å². The number of hydrogen-bond acceptors (Lipinski definition) is 4. The molecular formula is C27H29BrN2O2S2Si2. The zero-order valence-electron chi connectivity index (χ0n) is 21.6. The molecule has 0 atom stereocenters. The minimum Gasteiger partial charge on any atom is -0.294 e. The molecule has 2 aliphatic rings. The second kappa shape index (κ2) is 9.96. The Kier molecular flexibility index (Phi) is 7.44. The van der Waals surface area contributed by atoms with Crippen molar-refractivity contribution in [3.8, 4) is 22.9 Å². The highest BCUT2D eigenvalue weighted by Gasteiger charge is 2.49. The number of aryl methyl sites for hydroxylation is 1. The van der Waals surface area contributed by atoms with Gasteiger partial charge in [-0.05, 0) is 47.1 Å². The monoisotopic (exact) mass is 612 g/mol. The van der Waals surface area contributed by atoms with Gasteiger partial charge in [-0.2, -0.15) is 0 Å². The minimum atomic E-state index is -1.61. The average molecular weight is 614 g/mol. The van der Waals surface area contributed by atoms with Crippen LogP contribution in [0.3, 0.4) is 0 Å². The second-order valence-corrected chi connectivity index (χ2v) is 24.1. The van der Waals surface area contributed by atoms with Crippen LogP contribution in [-0.4, -0.2) is 50.9 Å². The molecule has 0 N–H and O–H groups in total. The molecule has 0 spiro atoms. The molecular weight excluding hydrogens is 585 g/mol. The zero-order valence-corrected chi connectivity index (χ0v) is 26.8. The predicted molar refractivity (Wildman–Crippen MR) is 161 cm³/mol. The Morgan fingerprint density at radius 2 is 1.19 bits per heavy atom. The van der Waals surface area contributed by atoms with E-state index in [1.165, 1.54) is 11.3 Å². The molecule has 0 unspecified atom stereocenters. The molecule has 0 bridgehead atoms. The van der Waals surface area contributed by atoms with Crippen LogP contribution in [0.15, 0.2) is 39.2 Å². The van der Waals surface area contributed by atoms with Crippen LogP contribution in [0.5, 0.6) is 0 Å². The van der Waals surface area contributed by atoms with E-state index in [0.29, 0.717) is 22.5 Å². The molecule has 0 aliphatic carbocycles. The summed E-state index contributed by atoms with van der Waals surface area (Å²) in [5.74, 6) is 6.16. The Labute approximate surface area is 232 Å². The molecule has 36 heavy (non-hydrogen) atoms. The van der Waals surface area contributed by atoms with E-state index in [-0.39, 0.29) is 24.9 Å². The number of amides is 2. The van der Waals surface area contributed by atoms with Crippen LogP contribution in [0.1, 0.15) is 14.6 Å². The molecule has 2 aliphatic heterocycles. The molecule has 9 heteroatoms. The lowest BCUT2D eigenvalue weighted by atomic mass is 10.1. The first-order valence-electron chi connectivity index (χ1n) is 11.7. The maximum Gasteiger partial charge on any atom is 0.262 e. The fraction of sp³-hybridized carbons (Fsp3) is 0.333. The lowest BCUT2D eigenvalue weighted by Crippen LogP contribution is -2.30. The normalized spacial score (nSPS) is 15.9. The minimum absolute atomic E-state index is 0.163. The SMILES string of the molecule is Cc1ccc(C2=C3C(=O)N(CC#C[Si](C)(C)C)C(c4ccc(Br)s4)=C3C(=O)N2CC#C[Si](C)(C)C)s1. The van der Waals surface area contributed by atoms with Gasteiger partial charge in [0.05, 0.1) is 49.2 Å². The molecule has 186 valence electrons. The molecule has 0 aromatic carbocycles. The smallest absolute Gasteiger partial charge is 0.262 e. The molecule has 0 saturated carbocycles. The first kappa shape index (κ1) is 26.9. The maximum atomic E-state index is 14.0. The predicted octanol–water partition coefficient (Wildman–Crippen LogP) is 6.45. The number of rotatable bonds is 4. The summed E-state index contributed by atoms with van der Waals surface area (Å²) in [6, 6.07) is 7.94. The van der Waals surface area contributed by atoms with E-state index >= 15 is 0 Å². The first-order chi connectivity index (χ1) is 16.8. The highest BCUT2D eigenvalue weighted by Crippen LogP contribution is 2.48. The van der Waals surface area contributed by atoms with Gasteiger partial charge in [-0.25, -0.2) is 0 Å². The van der Waals surface area contributed by atoms with Crippen molar-refractivity contribution in [2.24, 2.45) is 0 Å². The first-order valence-corrected chi connectivity index (χ1v) is 21.1. The molecule has 0 fully saturated rings. The van der Waals surface area contributed by atoms with Crippen molar-refractivity contribution >= 4 is 78.0 Å². The summed E-state index contributed by atoms with van der Waals surface area (Å²) >= 11 is 6.66. The van der Waals surface area contributed by atoms with E-state index in [1.54, 1.807) is 21.1 Å². The largest absolute Gasteiger partial charge is 0.294 e. The number of halogens is 1. The van der Waals surface area contributed by atoms with Crippen molar-refractivity contribution in [2.45, 2.75) is 46.2 Å². The number of thiophene rings is 2. The summed E-state index contributed by atoms with van der Waals surface area (Å²) < 4.78 is 0.945. The van der Waals surface area contributed by atoms with Crippen LogP contribution in [0.4, 0.5) is 0 Å². The lowest BCUT2D eigenvalue weighted by molar-refractivity contribution is -0.123. The standard InChI is InChI=1S/C27H29BrN2O2S2Si2/c1-18-10-11-19(33-18)24-22-23(27(32)29(24)14-8-16-35(2,3)4)25(20-12-13-21(28)34-20)30(26(22)31)15-9-17-36(5,6)7/h10-13H,14-15H2,1-7H3. The van der Waals surface area contributed by atoms with Crippen LogP contribution >= 0.6 is 38.6 Å². The van der Waals surface area contributed by atoms with Crippen LogP contribution in [0.25, 0.3) is 11.4 Å². The third-order valence-corrected chi connectivity index (χ3v) is 9.85. The van der Waals surface area contributed by atoms with Crippen LogP contribution in [0.2, 0.25) is 39.3 Å². The summed E-state index contributed by atoms with van der Waals surface area (Å²) in [6.45, 7) is 15.7. The second-order valence-electron chi connectivity index (χ2n) is 10.8. The Hall–Kier alpha value is -2.15. The topological polar surface area (TPSA) is 40.6 Å². The van der Waals surface area contributed by atoms with Crippen molar-refractivity contribution in [1.82, 2.24) is 9.80 Å². The molecule has 2 aromatic rings. The molecule has 4 heterocycles. The summed E-state index contributed by atoms with van der Waals surface area (Å²) in [5, 5.41) is 0. The Bertz CT molecular complexity index is 1340. The number of hydrogen-bond donors (Lipinski definition) is 0. The van der Waals surface area contributed by atoms with Gasteiger partial charge in [0.25, 0.3) is 11.8 Å². The van der Waals surface area contributed by atoms with Crippen LogP contribution in [0, 0.1) is 29.9 Å². The van der Waals surface area contributed by atoms with Gasteiger partial charge in [0.2, 0.25) is 0 Å². The molecule has 0 radical (unpaired) electrons. The fourth-order valence-corrected chi connectivity index (χ4v) is 7.57. The lowest BCUT2D eigenvalue weighted by Gasteiger charge is -2.22. The van der Waals surface area contributed by atoms with E-state index in [2.05, 4.69) is 78.1 Å². The number of fused-ring (bicyclic) bond motifs is 1. The van der Waals surface area contributed by atoms with E-state index < -0.39 is 16.1 Å². The Morgan fingerprint density at radius 1 is 0.750 bits per heavy atom. The van der Waals surface area contributed by atoms with Gasteiger partial charge in [-0.1, -0.05) is 51.1 Å². The van der Waals surface area contributed by atoms with Crippen molar-refractivity contribution in [2.75, 3.05) is 13.1 Å².